The minimum atomic E-state index is -0.545. The number of rotatable bonds is 3. The van der Waals surface area contributed by atoms with Crippen molar-refractivity contribution in [3.05, 3.63) is 52.5 Å². The summed E-state index contributed by atoms with van der Waals surface area (Å²) >= 11 is 5.94. The molecule has 0 aliphatic rings. The van der Waals surface area contributed by atoms with Gasteiger partial charge in [-0.3, -0.25) is 4.79 Å². The van der Waals surface area contributed by atoms with E-state index < -0.39 is 5.91 Å². The molecular formula is C15H11ClN2O3. The van der Waals surface area contributed by atoms with Gasteiger partial charge in [-0.15, -0.1) is 0 Å². The molecule has 0 aromatic heterocycles. The number of nitrogens with zero attached hydrogens (tertiary/aromatic N) is 1. The number of hydrogen-bond donors (Lipinski definition) is 2. The van der Waals surface area contributed by atoms with Crippen LogP contribution in [0, 0.1) is 11.3 Å². The zero-order valence-corrected chi connectivity index (χ0v) is 11.8. The molecule has 21 heavy (non-hydrogen) atoms. The van der Waals surface area contributed by atoms with Gasteiger partial charge in [-0.05, 0) is 30.3 Å². The number of benzene rings is 2. The summed E-state index contributed by atoms with van der Waals surface area (Å²) in [5.41, 5.74) is 0.623. The van der Waals surface area contributed by atoms with Crippen LogP contribution in [-0.4, -0.2) is 18.1 Å². The molecule has 0 spiro atoms. The summed E-state index contributed by atoms with van der Waals surface area (Å²) in [6.07, 6.45) is 0. The second kappa shape index (κ2) is 6.16. The highest BCUT2D eigenvalue weighted by Gasteiger charge is 2.16. The monoisotopic (exact) mass is 302 g/mol. The zero-order valence-electron chi connectivity index (χ0n) is 11.1. The number of phenols is 1. The molecule has 2 rings (SSSR count). The van der Waals surface area contributed by atoms with Crippen LogP contribution in [0.5, 0.6) is 11.5 Å². The lowest BCUT2D eigenvalue weighted by Crippen LogP contribution is -2.14. The normalized spacial score (nSPS) is 9.76. The van der Waals surface area contributed by atoms with E-state index in [9.17, 15) is 9.90 Å². The molecule has 106 valence electrons. The maximum atomic E-state index is 12.3. The fraction of sp³-hybridized carbons (Fsp3) is 0.0667. The highest BCUT2D eigenvalue weighted by Crippen LogP contribution is 2.29. The Morgan fingerprint density at radius 2 is 2.14 bits per heavy atom. The van der Waals surface area contributed by atoms with E-state index in [1.165, 1.54) is 25.3 Å². The van der Waals surface area contributed by atoms with Crippen LogP contribution < -0.4 is 10.1 Å². The van der Waals surface area contributed by atoms with Gasteiger partial charge >= 0.3 is 0 Å². The molecule has 0 aliphatic heterocycles. The molecule has 0 saturated heterocycles. The van der Waals surface area contributed by atoms with E-state index in [0.717, 1.165) is 0 Å². The van der Waals surface area contributed by atoms with Gasteiger partial charge in [-0.2, -0.15) is 5.26 Å². The largest absolute Gasteiger partial charge is 0.508 e. The van der Waals surface area contributed by atoms with E-state index >= 15 is 0 Å². The van der Waals surface area contributed by atoms with Gasteiger partial charge in [0.1, 0.15) is 23.3 Å². The van der Waals surface area contributed by atoms with Crippen LogP contribution >= 0.6 is 11.6 Å². The van der Waals surface area contributed by atoms with E-state index in [1.54, 1.807) is 18.2 Å². The Bertz CT molecular complexity index is 738. The fourth-order valence-corrected chi connectivity index (χ4v) is 1.99. The number of methoxy groups -OCH3 is 1. The van der Waals surface area contributed by atoms with E-state index in [1.807, 2.05) is 6.07 Å². The Morgan fingerprint density at radius 3 is 2.81 bits per heavy atom. The van der Waals surface area contributed by atoms with Crippen molar-refractivity contribution in [2.45, 2.75) is 0 Å². The van der Waals surface area contributed by atoms with Crippen LogP contribution in [0.2, 0.25) is 5.02 Å². The van der Waals surface area contributed by atoms with E-state index in [4.69, 9.17) is 21.6 Å². The molecule has 0 fully saturated rings. The second-order valence-electron chi connectivity index (χ2n) is 4.11. The number of halogens is 1. The number of ether oxygens (including phenoxy) is 1. The summed E-state index contributed by atoms with van der Waals surface area (Å²) < 4.78 is 5.13. The molecule has 0 saturated carbocycles. The Labute approximate surface area is 126 Å². The molecule has 0 radical (unpaired) electrons. The molecule has 6 heteroatoms. The molecule has 0 aliphatic carbocycles. The number of nitriles is 1. The summed E-state index contributed by atoms with van der Waals surface area (Å²) in [6.45, 7) is 0. The van der Waals surface area contributed by atoms with Crippen molar-refractivity contribution < 1.29 is 14.6 Å². The van der Waals surface area contributed by atoms with E-state index in [0.29, 0.717) is 5.75 Å². The number of hydrogen-bond acceptors (Lipinski definition) is 4. The van der Waals surface area contributed by atoms with E-state index in [2.05, 4.69) is 5.32 Å². The zero-order chi connectivity index (χ0) is 15.4. The SMILES string of the molecule is COc1cccc(C#N)c1NC(=O)c1cc(O)ccc1Cl. The Hall–Kier alpha value is -2.71. The highest BCUT2D eigenvalue weighted by molar-refractivity contribution is 6.34. The van der Waals surface area contributed by atoms with Crippen LogP contribution in [0.25, 0.3) is 0 Å². The lowest BCUT2D eigenvalue weighted by molar-refractivity contribution is 0.102. The average Bonchev–Trinajstić information content (AvgIpc) is 2.49. The lowest BCUT2D eigenvalue weighted by Gasteiger charge is -2.12. The van der Waals surface area contributed by atoms with Crippen molar-refractivity contribution in [2.75, 3.05) is 12.4 Å². The number of aromatic hydroxyl groups is 1. The van der Waals surface area contributed by atoms with Crippen LogP contribution in [0.15, 0.2) is 36.4 Å². The summed E-state index contributed by atoms with van der Waals surface area (Å²) in [7, 11) is 1.44. The quantitative estimate of drug-likeness (QED) is 0.912. The number of carbonyl (C=O) groups is 1. The fourth-order valence-electron chi connectivity index (χ4n) is 1.79. The van der Waals surface area contributed by atoms with Gasteiger partial charge < -0.3 is 15.2 Å². The van der Waals surface area contributed by atoms with Crippen molar-refractivity contribution in [3.8, 4) is 17.6 Å². The Balaban J connectivity index is 2.41. The summed E-state index contributed by atoms with van der Waals surface area (Å²) in [6, 6.07) is 10.8. The summed E-state index contributed by atoms with van der Waals surface area (Å²) in [5, 5.41) is 21.3. The number of anilines is 1. The number of amides is 1. The first kappa shape index (κ1) is 14.7. The molecule has 0 atom stereocenters. The Kier molecular flexibility index (Phi) is 4.31. The molecule has 5 nitrogen and oxygen atoms in total. The van der Waals surface area contributed by atoms with E-state index in [-0.39, 0.29) is 27.6 Å². The first-order valence-electron chi connectivity index (χ1n) is 5.93. The van der Waals surface area contributed by atoms with Gasteiger partial charge in [0, 0.05) is 0 Å². The van der Waals surface area contributed by atoms with Crippen molar-refractivity contribution in [3.63, 3.8) is 0 Å². The van der Waals surface area contributed by atoms with Crippen molar-refractivity contribution >= 4 is 23.2 Å². The molecule has 1 amide bonds. The molecular weight excluding hydrogens is 292 g/mol. The third-order valence-corrected chi connectivity index (χ3v) is 3.13. The topological polar surface area (TPSA) is 82.3 Å². The standard InChI is InChI=1S/C15H11ClN2O3/c1-21-13-4-2-3-9(8-17)14(13)18-15(20)11-7-10(19)5-6-12(11)16/h2-7,19H,1H3,(H,18,20). The first-order chi connectivity index (χ1) is 10.1. The van der Waals surface area contributed by atoms with Gasteiger partial charge in [0.15, 0.2) is 0 Å². The van der Waals surface area contributed by atoms with Gasteiger partial charge in [0.2, 0.25) is 0 Å². The van der Waals surface area contributed by atoms with Crippen molar-refractivity contribution in [1.29, 1.82) is 5.26 Å². The van der Waals surface area contributed by atoms with Crippen LogP contribution in [0.1, 0.15) is 15.9 Å². The molecule has 0 heterocycles. The van der Waals surface area contributed by atoms with Crippen LogP contribution in [0.3, 0.4) is 0 Å². The molecule has 0 bridgehead atoms. The molecule has 0 unspecified atom stereocenters. The number of nitrogens with one attached hydrogen (secondary N) is 1. The minimum Gasteiger partial charge on any atom is -0.508 e. The molecule has 2 N–H and O–H groups in total. The number of carbonyl (C=O) groups excluding carboxylic acids is 1. The van der Waals surface area contributed by atoms with Gasteiger partial charge in [-0.25, -0.2) is 0 Å². The summed E-state index contributed by atoms with van der Waals surface area (Å²) in [4.78, 5) is 12.3. The molecule has 2 aromatic carbocycles. The van der Waals surface area contributed by atoms with Crippen LogP contribution in [0.4, 0.5) is 5.69 Å². The predicted molar refractivity (Wildman–Crippen MR) is 78.8 cm³/mol. The second-order valence-corrected chi connectivity index (χ2v) is 4.52. The van der Waals surface area contributed by atoms with Crippen LogP contribution in [-0.2, 0) is 0 Å². The smallest absolute Gasteiger partial charge is 0.257 e. The highest BCUT2D eigenvalue weighted by atomic mass is 35.5. The van der Waals surface area contributed by atoms with Gasteiger partial charge in [-0.1, -0.05) is 17.7 Å². The Morgan fingerprint density at radius 1 is 1.38 bits per heavy atom. The first-order valence-corrected chi connectivity index (χ1v) is 6.31. The predicted octanol–water partition coefficient (Wildman–Crippen LogP) is 3.18. The van der Waals surface area contributed by atoms with Crippen molar-refractivity contribution in [1.82, 2.24) is 0 Å². The average molecular weight is 303 g/mol. The van der Waals surface area contributed by atoms with Gasteiger partial charge in [0.05, 0.1) is 23.3 Å². The maximum absolute atomic E-state index is 12.3. The lowest BCUT2D eigenvalue weighted by atomic mass is 10.1. The minimum absolute atomic E-state index is 0.0786. The number of phenolic OH excluding ortho intramolecular Hbond substituents is 1. The maximum Gasteiger partial charge on any atom is 0.257 e. The van der Waals surface area contributed by atoms with Gasteiger partial charge in [0.25, 0.3) is 5.91 Å². The molecule has 2 aromatic rings. The van der Waals surface area contributed by atoms with Crippen molar-refractivity contribution in [2.24, 2.45) is 0 Å². The number of para-hydroxylation sites is 1. The third kappa shape index (κ3) is 3.07. The third-order valence-electron chi connectivity index (χ3n) is 2.80. The summed E-state index contributed by atoms with van der Waals surface area (Å²) in [5.74, 6) is -0.263.